The first-order valence-electron chi connectivity index (χ1n) is 21.8. The Morgan fingerprint density at radius 1 is 0.250 bits per heavy atom. The lowest BCUT2D eigenvalue weighted by Crippen LogP contribution is -2.12. The molecule has 10 aromatic carbocycles. The molecule has 1 aromatic heterocycles. The van der Waals surface area contributed by atoms with Gasteiger partial charge in [0.05, 0.1) is 11.0 Å². The van der Waals surface area contributed by atoms with E-state index in [-0.39, 0.29) is 0 Å². The van der Waals surface area contributed by atoms with Gasteiger partial charge in [-0.2, -0.15) is 0 Å². The Labute approximate surface area is 376 Å². The van der Waals surface area contributed by atoms with Crippen LogP contribution in [0.4, 0.5) is 34.1 Å². The highest BCUT2D eigenvalue weighted by Gasteiger charge is 2.34. The van der Waals surface area contributed by atoms with Crippen LogP contribution < -0.4 is 9.80 Å². The van der Waals surface area contributed by atoms with Crippen LogP contribution in [-0.4, -0.2) is 4.57 Å². The quantitative estimate of drug-likeness (QED) is 0.129. The Morgan fingerprint density at radius 3 is 1.19 bits per heavy atom. The van der Waals surface area contributed by atoms with E-state index in [1.165, 1.54) is 41.4 Å². The number of hydrogen-bond acceptors (Lipinski definition) is 2. The Bertz CT molecular complexity index is 3220. The van der Waals surface area contributed by atoms with Gasteiger partial charge in [-0.05, 0) is 140 Å². The van der Waals surface area contributed by atoms with Crippen LogP contribution in [0.15, 0.2) is 293 Å². The van der Waals surface area contributed by atoms with Crippen LogP contribution in [0.1, 0.15) is 0 Å². The highest BCUT2D eigenvalue weighted by atomic mass is 32.3. The van der Waals surface area contributed by atoms with Crippen LogP contribution in [-0.2, 0) is 0 Å². The van der Waals surface area contributed by atoms with Crippen molar-refractivity contribution in [3.05, 3.63) is 273 Å². The molecule has 0 aliphatic rings. The topological polar surface area (TPSA) is 11.4 Å². The maximum atomic E-state index is 2.44. The van der Waals surface area contributed by atoms with Crippen LogP contribution in [0.25, 0.3) is 27.5 Å². The number of aromatic nitrogens is 1. The fraction of sp³-hybridized carbons (Fsp3) is 0. The second kappa shape index (κ2) is 17.0. The molecule has 64 heavy (non-hydrogen) atoms. The van der Waals surface area contributed by atoms with Gasteiger partial charge in [0.2, 0.25) is 0 Å². The average Bonchev–Trinajstić information content (AvgIpc) is 3.71. The highest BCUT2D eigenvalue weighted by Crippen LogP contribution is 2.74. The average molecular weight is 840 g/mol. The third kappa shape index (κ3) is 6.91. The molecule has 4 heteroatoms. The first-order chi connectivity index (χ1) is 31.8. The summed E-state index contributed by atoms with van der Waals surface area (Å²) >= 11 is 0. The molecular formula is C60H45N3S. The lowest BCUT2D eigenvalue weighted by Gasteiger charge is -2.42. The van der Waals surface area contributed by atoms with Gasteiger partial charge < -0.3 is 14.4 Å². The van der Waals surface area contributed by atoms with Gasteiger partial charge in [0.1, 0.15) is 0 Å². The van der Waals surface area contributed by atoms with Gasteiger partial charge in [0.15, 0.2) is 0 Å². The standard InChI is InChI=1S/C60H45N3S/c1-7-22-46(23-8-1)61(47-24-9-2-10-25-47)50-38-41-55(42-39-50)64(53-31-15-5-16-32-53,54-33-17-6-18-34-54)56-35-21-30-51(44-56)62(48-26-11-3-12-27-48)52-40-43-60-58(45-52)57-36-19-20-37-59(57)63(60)49-28-13-4-14-29-49/h1-45H. The van der Waals surface area contributed by atoms with E-state index in [1.807, 2.05) is 0 Å². The SMILES string of the molecule is c1ccc(N(c2ccccc2)c2ccc(S(c3ccccc3)(c3ccccc3)c3cccc(N(c4ccccc4)c4ccc5c(c4)c4ccccc4n5-c4ccccc4)c3)cc2)cc1. The Morgan fingerprint density at radius 2 is 0.625 bits per heavy atom. The van der Waals surface area contributed by atoms with Gasteiger partial charge in [-0.15, -0.1) is 10.0 Å². The number of anilines is 6. The molecule has 0 saturated heterocycles. The van der Waals surface area contributed by atoms with Crippen molar-refractivity contribution in [2.45, 2.75) is 19.6 Å². The summed E-state index contributed by atoms with van der Waals surface area (Å²) in [6.07, 6.45) is 0. The summed E-state index contributed by atoms with van der Waals surface area (Å²) in [5.41, 5.74) is 10.1. The number of rotatable bonds is 11. The predicted octanol–water partition coefficient (Wildman–Crippen LogP) is 17.1. The molecule has 0 aliphatic heterocycles. The predicted molar refractivity (Wildman–Crippen MR) is 270 cm³/mol. The lowest BCUT2D eigenvalue weighted by molar-refractivity contribution is 1.18. The minimum absolute atomic E-state index is 1.09. The zero-order valence-corrected chi connectivity index (χ0v) is 36.0. The lowest BCUT2D eigenvalue weighted by atomic mass is 10.1. The summed E-state index contributed by atoms with van der Waals surface area (Å²) in [6.45, 7) is 0. The van der Waals surface area contributed by atoms with Crippen molar-refractivity contribution in [2.24, 2.45) is 0 Å². The fourth-order valence-electron chi connectivity index (χ4n) is 9.26. The summed E-state index contributed by atoms with van der Waals surface area (Å²) in [7, 11) is -2.04. The fourth-order valence-corrected chi connectivity index (χ4v) is 13.1. The molecule has 1 heterocycles. The smallest absolute Gasteiger partial charge is 0.0542 e. The zero-order chi connectivity index (χ0) is 42.7. The van der Waals surface area contributed by atoms with Crippen molar-refractivity contribution >= 4 is 66.0 Å². The molecule has 0 spiro atoms. The maximum absolute atomic E-state index is 2.44. The van der Waals surface area contributed by atoms with Crippen molar-refractivity contribution in [1.29, 1.82) is 0 Å². The van der Waals surface area contributed by atoms with E-state index in [0.717, 1.165) is 39.8 Å². The molecule has 11 rings (SSSR count). The van der Waals surface area contributed by atoms with Gasteiger partial charge in [-0.25, -0.2) is 0 Å². The van der Waals surface area contributed by atoms with Crippen LogP contribution in [0.2, 0.25) is 0 Å². The molecule has 0 N–H and O–H groups in total. The molecule has 306 valence electrons. The summed E-state index contributed by atoms with van der Waals surface area (Å²) in [5.74, 6) is 0. The Balaban J connectivity index is 1.11. The molecule has 0 amide bonds. The molecule has 0 fully saturated rings. The third-order valence-electron chi connectivity index (χ3n) is 12.0. The van der Waals surface area contributed by atoms with Gasteiger partial charge in [0.25, 0.3) is 0 Å². The Hall–Kier alpha value is -8.05. The first kappa shape index (κ1) is 38.8. The number of para-hydroxylation sites is 5. The van der Waals surface area contributed by atoms with E-state index in [1.54, 1.807) is 0 Å². The molecule has 0 radical (unpaired) electrons. The normalized spacial score (nSPS) is 11.7. The molecule has 0 saturated carbocycles. The molecule has 0 atom stereocenters. The molecule has 3 nitrogen and oxygen atoms in total. The monoisotopic (exact) mass is 839 g/mol. The highest BCUT2D eigenvalue weighted by molar-refractivity contribution is 8.34. The summed E-state index contributed by atoms with van der Waals surface area (Å²) in [6, 6.07) is 99.2. The maximum Gasteiger partial charge on any atom is 0.0542 e. The minimum atomic E-state index is -2.04. The van der Waals surface area contributed by atoms with Gasteiger partial charge >= 0.3 is 0 Å². The summed E-state index contributed by atoms with van der Waals surface area (Å²) in [4.78, 5) is 9.80. The summed E-state index contributed by atoms with van der Waals surface area (Å²) < 4.78 is 2.38. The largest absolute Gasteiger partial charge is 0.311 e. The zero-order valence-electron chi connectivity index (χ0n) is 35.2. The van der Waals surface area contributed by atoms with Crippen LogP contribution in [0, 0.1) is 0 Å². The Kier molecular flexibility index (Phi) is 10.3. The number of fused-ring (bicyclic) bond motifs is 3. The van der Waals surface area contributed by atoms with Crippen molar-refractivity contribution in [2.75, 3.05) is 9.80 Å². The van der Waals surface area contributed by atoms with Crippen LogP contribution in [0.3, 0.4) is 0 Å². The van der Waals surface area contributed by atoms with E-state index in [2.05, 4.69) is 287 Å². The molecule has 0 bridgehead atoms. The van der Waals surface area contributed by atoms with Crippen LogP contribution in [0.5, 0.6) is 0 Å². The number of hydrogen-bond donors (Lipinski definition) is 0. The first-order valence-corrected chi connectivity index (χ1v) is 23.4. The second-order valence-electron chi connectivity index (χ2n) is 15.8. The number of benzene rings is 10. The van der Waals surface area contributed by atoms with Crippen molar-refractivity contribution in [1.82, 2.24) is 4.57 Å². The molecular weight excluding hydrogens is 795 g/mol. The second-order valence-corrected chi connectivity index (χ2v) is 18.9. The van der Waals surface area contributed by atoms with E-state index < -0.39 is 10.0 Å². The van der Waals surface area contributed by atoms with Gasteiger partial charge in [-0.1, -0.05) is 133 Å². The van der Waals surface area contributed by atoms with Gasteiger partial charge in [0, 0.05) is 70.2 Å². The van der Waals surface area contributed by atoms with E-state index in [9.17, 15) is 0 Å². The van der Waals surface area contributed by atoms with Crippen LogP contribution >= 0.6 is 10.0 Å². The van der Waals surface area contributed by atoms with E-state index in [4.69, 9.17) is 0 Å². The molecule has 11 aromatic rings. The van der Waals surface area contributed by atoms with Crippen molar-refractivity contribution in [3.8, 4) is 5.69 Å². The van der Waals surface area contributed by atoms with Gasteiger partial charge in [-0.3, -0.25) is 0 Å². The van der Waals surface area contributed by atoms with Crippen molar-refractivity contribution in [3.63, 3.8) is 0 Å². The van der Waals surface area contributed by atoms with Crippen molar-refractivity contribution < 1.29 is 0 Å². The summed E-state index contributed by atoms with van der Waals surface area (Å²) in [5, 5.41) is 2.44. The third-order valence-corrected chi connectivity index (χ3v) is 15.9. The number of nitrogens with zero attached hydrogens (tertiary/aromatic N) is 3. The van der Waals surface area contributed by atoms with E-state index in [0.29, 0.717) is 0 Å². The minimum Gasteiger partial charge on any atom is -0.311 e. The molecule has 0 unspecified atom stereocenters. The molecule has 0 aliphatic carbocycles. The van der Waals surface area contributed by atoms with E-state index >= 15 is 0 Å².